The maximum absolute atomic E-state index is 11.4. The summed E-state index contributed by atoms with van der Waals surface area (Å²) in [6, 6.07) is 0. The number of nitrogens with zero attached hydrogens (tertiary/aromatic N) is 3. The predicted molar refractivity (Wildman–Crippen MR) is 68.7 cm³/mol. The Morgan fingerprint density at radius 3 is 2.89 bits per heavy atom. The number of aromatic nitrogens is 2. The van der Waals surface area contributed by atoms with Crippen molar-refractivity contribution in [2.24, 2.45) is 0 Å². The van der Waals surface area contributed by atoms with Gasteiger partial charge in [0.05, 0.1) is 17.6 Å². The van der Waals surface area contributed by atoms with E-state index in [1.807, 2.05) is 0 Å². The molecular weight excluding hydrogens is 230 g/mol. The number of piperazine rings is 1. The van der Waals surface area contributed by atoms with Crippen LogP contribution in [0.5, 0.6) is 0 Å². The number of nitrogens with one attached hydrogen (secondary N) is 2. The topological polar surface area (TPSA) is 70.2 Å². The quantitative estimate of drug-likeness (QED) is 0.740. The molecule has 18 heavy (non-hydrogen) atoms. The molecule has 2 aliphatic rings. The lowest BCUT2D eigenvalue weighted by atomic mass is 10.2. The van der Waals surface area contributed by atoms with Crippen LogP contribution in [0.4, 0.5) is 11.6 Å². The molecule has 96 valence electrons. The van der Waals surface area contributed by atoms with Crippen LogP contribution in [0.3, 0.4) is 0 Å². The maximum Gasteiger partial charge on any atom is 0.225 e. The van der Waals surface area contributed by atoms with E-state index in [9.17, 15) is 4.79 Å². The van der Waals surface area contributed by atoms with Gasteiger partial charge >= 0.3 is 0 Å². The van der Waals surface area contributed by atoms with Crippen LogP contribution in [0.1, 0.15) is 18.5 Å². The highest BCUT2D eigenvalue weighted by molar-refractivity contribution is 5.91. The van der Waals surface area contributed by atoms with Gasteiger partial charge in [0, 0.05) is 32.6 Å². The Morgan fingerprint density at radius 1 is 1.22 bits per heavy atom. The van der Waals surface area contributed by atoms with Gasteiger partial charge in [-0.2, -0.15) is 0 Å². The van der Waals surface area contributed by atoms with Crippen molar-refractivity contribution in [3.05, 3.63) is 11.9 Å². The van der Waals surface area contributed by atoms with Gasteiger partial charge in [0.2, 0.25) is 11.9 Å². The van der Waals surface area contributed by atoms with Crippen molar-refractivity contribution in [2.75, 3.05) is 36.4 Å². The summed E-state index contributed by atoms with van der Waals surface area (Å²) in [5, 5.41) is 6.17. The molecular formula is C12H17N5O. The molecule has 0 saturated carbocycles. The lowest BCUT2D eigenvalue weighted by molar-refractivity contribution is -0.116. The summed E-state index contributed by atoms with van der Waals surface area (Å²) in [6.07, 6.45) is 4.01. The van der Waals surface area contributed by atoms with Crippen LogP contribution in [0.25, 0.3) is 0 Å². The summed E-state index contributed by atoms with van der Waals surface area (Å²) in [7, 11) is 0. The molecule has 0 aromatic carbocycles. The van der Waals surface area contributed by atoms with Gasteiger partial charge in [0.25, 0.3) is 0 Å². The van der Waals surface area contributed by atoms with Crippen LogP contribution >= 0.6 is 0 Å². The van der Waals surface area contributed by atoms with Crippen molar-refractivity contribution in [3.63, 3.8) is 0 Å². The summed E-state index contributed by atoms with van der Waals surface area (Å²) in [5.74, 6) is 0.846. The average Bonchev–Trinajstić information content (AvgIpc) is 2.59. The molecule has 1 aromatic rings. The van der Waals surface area contributed by atoms with Gasteiger partial charge in [0.15, 0.2) is 0 Å². The van der Waals surface area contributed by atoms with Crippen LogP contribution in [-0.2, 0) is 11.2 Å². The van der Waals surface area contributed by atoms with Gasteiger partial charge in [-0.25, -0.2) is 9.97 Å². The third-order valence-corrected chi connectivity index (χ3v) is 3.35. The molecule has 2 N–H and O–H groups in total. The van der Waals surface area contributed by atoms with E-state index in [2.05, 4.69) is 25.5 Å². The molecule has 2 aliphatic heterocycles. The van der Waals surface area contributed by atoms with Gasteiger partial charge < -0.3 is 15.5 Å². The van der Waals surface area contributed by atoms with Gasteiger partial charge in [0.1, 0.15) is 0 Å². The Morgan fingerprint density at radius 2 is 2.06 bits per heavy atom. The van der Waals surface area contributed by atoms with E-state index in [1.54, 1.807) is 6.20 Å². The van der Waals surface area contributed by atoms with E-state index in [-0.39, 0.29) is 5.91 Å². The number of anilines is 2. The molecule has 3 heterocycles. The number of rotatable bonds is 1. The average molecular weight is 247 g/mol. The van der Waals surface area contributed by atoms with Crippen molar-refractivity contribution in [1.82, 2.24) is 15.3 Å². The van der Waals surface area contributed by atoms with Crippen molar-refractivity contribution >= 4 is 17.5 Å². The summed E-state index contributed by atoms with van der Waals surface area (Å²) < 4.78 is 0. The first kappa shape index (κ1) is 11.4. The lowest BCUT2D eigenvalue weighted by Crippen LogP contribution is -2.44. The van der Waals surface area contributed by atoms with Crippen LogP contribution in [0.15, 0.2) is 6.20 Å². The number of carbonyl (C=O) groups excluding carboxylic acids is 1. The number of fused-ring (bicyclic) bond motifs is 1. The first-order valence-electron chi connectivity index (χ1n) is 6.44. The zero-order chi connectivity index (χ0) is 12.4. The maximum atomic E-state index is 11.4. The second-order valence-corrected chi connectivity index (χ2v) is 4.67. The van der Waals surface area contributed by atoms with Crippen LogP contribution < -0.4 is 15.5 Å². The van der Waals surface area contributed by atoms with Gasteiger partial charge in [-0.05, 0) is 12.8 Å². The molecule has 3 rings (SSSR count). The fourth-order valence-electron chi connectivity index (χ4n) is 2.35. The predicted octanol–water partition coefficient (Wildman–Crippen LogP) is 0.161. The molecule has 0 aliphatic carbocycles. The van der Waals surface area contributed by atoms with E-state index in [0.29, 0.717) is 6.42 Å². The van der Waals surface area contributed by atoms with Gasteiger partial charge in [-0.3, -0.25) is 4.79 Å². The lowest BCUT2D eigenvalue weighted by Gasteiger charge is -2.27. The van der Waals surface area contributed by atoms with E-state index in [1.165, 1.54) is 0 Å². The molecule has 0 atom stereocenters. The van der Waals surface area contributed by atoms with Crippen molar-refractivity contribution < 1.29 is 4.79 Å². The molecule has 1 fully saturated rings. The molecule has 1 aromatic heterocycles. The van der Waals surface area contributed by atoms with Crippen molar-refractivity contribution in [2.45, 2.75) is 19.3 Å². The fraction of sp³-hybridized carbons (Fsp3) is 0.583. The first-order valence-corrected chi connectivity index (χ1v) is 6.44. The SMILES string of the molecule is O=C1CCCc2nc(N3CCNCC3)ncc2N1. The fourth-order valence-corrected chi connectivity index (χ4v) is 2.35. The minimum Gasteiger partial charge on any atom is -0.338 e. The number of carbonyl (C=O) groups is 1. The van der Waals surface area contributed by atoms with E-state index < -0.39 is 0 Å². The normalized spacial score (nSPS) is 20.0. The molecule has 0 radical (unpaired) electrons. The molecule has 6 heteroatoms. The Bertz CT molecular complexity index is 456. The van der Waals surface area contributed by atoms with Gasteiger partial charge in [-0.1, -0.05) is 0 Å². The Labute approximate surface area is 106 Å². The standard InChI is InChI=1S/C12H17N5O/c18-11-3-1-2-9-10(15-11)8-14-12(16-9)17-6-4-13-5-7-17/h8,13H,1-7H2,(H,15,18). The summed E-state index contributed by atoms with van der Waals surface area (Å²) >= 11 is 0. The van der Waals surface area contributed by atoms with Gasteiger partial charge in [-0.15, -0.1) is 0 Å². The number of hydrogen-bond donors (Lipinski definition) is 2. The second kappa shape index (κ2) is 4.89. The monoisotopic (exact) mass is 247 g/mol. The van der Waals surface area contributed by atoms with E-state index in [0.717, 1.165) is 56.4 Å². The van der Waals surface area contributed by atoms with Crippen molar-refractivity contribution in [1.29, 1.82) is 0 Å². The number of hydrogen-bond acceptors (Lipinski definition) is 5. The first-order chi connectivity index (χ1) is 8.83. The van der Waals surface area contributed by atoms with Crippen LogP contribution in [0, 0.1) is 0 Å². The Kier molecular flexibility index (Phi) is 3.10. The van der Waals surface area contributed by atoms with Crippen LogP contribution in [0.2, 0.25) is 0 Å². The number of aryl methyl sites for hydroxylation is 1. The zero-order valence-corrected chi connectivity index (χ0v) is 10.3. The highest BCUT2D eigenvalue weighted by atomic mass is 16.1. The molecule has 0 bridgehead atoms. The molecule has 1 saturated heterocycles. The smallest absolute Gasteiger partial charge is 0.225 e. The largest absolute Gasteiger partial charge is 0.338 e. The summed E-state index contributed by atoms with van der Waals surface area (Å²) in [5.41, 5.74) is 1.74. The number of amides is 1. The highest BCUT2D eigenvalue weighted by Crippen LogP contribution is 2.21. The Hall–Kier alpha value is -1.69. The summed E-state index contributed by atoms with van der Waals surface area (Å²) in [4.78, 5) is 22.6. The summed E-state index contributed by atoms with van der Waals surface area (Å²) in [6.45, 7) is 3.81. The minimum absolute atomic E-state index is 0.0623. The highest BCUT2D eigenvalue weighted by Gasteiger charge is 2.18. The third-order valence-electron chi connectivity index (χ3n) is 3.35. The minimum atomic E-state index is 0.0623. The zero-order valence-electron chi connectivity index (χ0n) is 10.3. The van der Waals surface area contributed by atoms with E-state index in [4.69, 9.17) is 0 Å². The molecule has 6 nitrogen and oxygen atoms in total. The molecule has 0 unspecified atom stereocenters. The Balaban J connectivity index is 1.85. The van der Waals surface area contributed by atoms with E-state index >= 15 is 0 Å². The van der Waals surface area contributed by atoms with Crippen LogP contribution in [-0.4, -0.2) is 42.1 Å². The molecule has 0 spiro atoms. The second-order valence-electron chi connectivity index (χ2n) is 4.67. The molecule has 1 amide bonds. The van der Waals surface area contributed by atoms with Crippen molar-refractivity contribution in [3.8, 4) is 0 Å². The third kappa shape index (κ3) is 2.28.